The Morgan fingerprint density at radius 2 is 2.05 bits per heavy atom. The lowest BCUT2D eigenvalue weighted by molar-refractivity contribution is -0.121. The molecule has 1 aliphatic carbocycles. The van der Waals surface area contributed by atoms with E-state index in [1.165, 1.54) is 18.4 Å². The number of benzene rings is 1. The van der Waals surface area contributed by atoms with Gasteiger partial charge in [-0.3, -0.25) is 4.79 Å². The molecule has 0 saturated heterocycles. The van der Waals surface area contributed by atoms with E-state index >= 15 is 0 Å². The Bertz CT molecular complexity index is 525. The summed E-state index contributed by atoms with van der Waals surface area (Å²) in [6.45, 7) is 4.13. The molecule has 0 radical (unpaired) electrons. The smallest absolute Gasteiger partial charge is 0.220 e. The van der Waals surface area contributed by atoms with Crippen LogP contribution < -0.4 is 14.8 Å². The third-order valence-electron chi connectivity index (χ3n) is 4.44. The monoisotopic (exact) mass is 303 g/mol. The molecule has 1 atom stereocenters. The molecular weight excluding hydrogens is 278 g/mol. The molecule has 0 spiro atoms. The fourth-order valence-corrected chi connectivity index (χ4v) is 3.02. The van der Waals surface area contributed by atoms with Crippen molar-refractivity contribution in [2.24, 2.45) is 5.92 Å². The van der Waals surface area contributed by atoms with Gasteiger partial charge in [0.25, 0.3) is 0 Å². The van der Waals surface area contributed by atoms with Gasteiger partial charge >= 0.3 is 0 Å². The topological polar surface area (TPSA) is 47.6 Å². The molecule has 1 heterocycles. The molecule has 3 rings (SSSR count). The molecular formula is C18H25NO3. The second kappa shape index (κ2) is 7.03. The zero-order valence-electron chi connectivity index (χ0n) is 13.3. The third-order valence-corrected chi connectivity index (χ3v) is 4.44. The summed E-state index contributed by atoms with van der Waals surface area (Å²) >= 11 is 0. The highest BCUT2D eigenvalue weighted by Crippen LogP contribution is 2.46. The van der Waals surface area contributed by atoms with Gasteiger partial charge in [-0.15, -0.1) is 0 Å². The molecule has 4 heteroatoms. The Balaban J connectivity index is 1.67. The van der Waals surface area contributed by atoms with E-state index in [9.17, 15) is 4.79 Å². The van der Waals surface area contributed by atoms with E-state index in [1.54, 1.807) is 0 Å². The van der Waals surface area contributed by atoms with Crippen molar-refractivity contribution in [3.05, 3.63) is 23.8 Å². The average molecular weight is 303 g/mol. The van der Waals surface area contributed by atoms with Crippen LogP contribution in [0.1, 0.15) is 50.5 Å². The number of nitrogens with one attached hydrogen (secondary N) is 1. The molecule has 0 bridgehead atoms. The van der Waals surface area contributed by atoms with E-state index in [-0.39, 0.29) is 5.91 Å². The minimum absolute atomic E-state index is 0.167. The number of carbonyl (C=O) groups excluding carboxylic acids is 1. The van der Waals surface area contributed by atoms with Crippen LogP contribution in [-0.4, -0.2) is 25.7 Å². The molecule has 2 aliphatic rings. The summed E-state index contributed by atoms with van der Waals surface area (Å²) in [5, 5.41) is 3.03. The van der Waals surface area contributed by atoms with Gasteiger partial charge in [0.05, 0.1) is 0 Å². The van der Waals surface area contributed by atoms with Crippen LogP contribution in [0.25, 0.3) is 0 Å². The maximum atomic E-state index is 12.2. The van der Waals surface area contributed by atoms with Crippen LogP contribution in [0, 0.1) is 5.92 Å². The molecule has 120 valence electrons. The number of carbonyl (C=O) groups is 1. The van der Waals surface area contributed by atoms with Crippen molar-refractivity contribution in [2.75, 3.05) is 19.8 Å². The maximum absolute atomic E-state index is 12.2. The Hall–Kier alpha value is -1.71. The summed E-state index contributed by atoms with van der Waals surface area (Å²) in [4.78, 5) is 12.2. The second-order valence-electron chi connectivity index (χ2n) is 6.25. The van der Waals surface area contributed by atoms with Gasteiger partial charge in [0, 0.05) is 13.0 Å². The molecule has 1 aromatic rings. The van der Waals surface area contributed by atoms with E-state index in [1.807, 2.05) is 6.07 Å². The highest BCUT2D eigenvalue weighted by molar-refractivity contribution is 5.77. The fraction of sp³-hybridized carbons (Fsp3) is 0.611. The van der Waals surface area contributed by atoms with Gasteiger partial charge in [0.1, 0.15) is 13.2 Å². The highest BCUT2D eigenvalue weighted by atomic mass is 16.6. The molecule has 1 amide bonds. The first-order valence-corrected chi connectivity index (χ1v) is 8.44. The Morgan fingerprint density at radius 1 is 1.27 bits per heavy atom. The predicted octanol–water partition coefficient (Wildman–Crippen LogP) is 3.26. The van der Waals surface area contributed by atoms with E-state index in [0.29, 0.717) is 31.5 Å². The summed E-state index contributed by atoms with van der Waals surface area (Å²) in [5.41, 5.74) is 1.21. The average Bonchev–Trinajstić information content (AvgIpc) is 3.37. The van der Waals surface area contributed by atoms with Crippen molar-refractivity contribution in [2.45, 2.75) is 44.9 Å². The molecule has 1 fully saturated rings. The first-order chi connectivity index (χ1) is 10.8. The van der Waals surface area contributed by atoms with E-state index in [4.69, 9.17) is 9.47 Å². The normalized spacial score (nSPS) is 17.9. The van der Waals surface area contributed by atoms with Crippen molar-refractivity contribution in [3.63, 3.8) is 0 Å². The number of hydrogen-bond donors (Lipinski definition) is 1. The lowest BCUT2D eigenvalue weighted by Gasteiger charge is -2.22. The number of ether oxygens (including phenoxy) is 2. The van der Waals surface area contributed by atoms with Crippen molar-refractivity contribution < 1.29 is 14.3 Å². The van der Waals surface area contributed by atoms with Crippen molar-refractivity contribution >= 4 is 5.91 Å². The molecule has 22 heavy (non-hydrogen) atoms. The molecule has 4 nitrogen and oxygen atoms in total. The number of amides is 1. The number of rotatable bonds is 7. The maximum Gasteiger partial charge on any atom is 0.220 e. The van der Waals surface area contributed by atoms with E-state index in [2.05, 4.69) is 24.4 Å². The van der Waals surface area contributed by atoms with E-state index < -0.39 is 0 Å². The molecule has 1 unspecified atom stereocenters. The predicted molar refractivity (Wildman–Crippen MR) is 85.4 cm³/mol. The lowest BCUT2D eigenvalue weighted by Crippen LogP contribution is -2.26. The number of hydrogen-bond acceptors (Lipinski definition) is 3. The van der Waals surface area contributed by atoms with Gasteiger partial charge in [0.2, 0.25) is 5.91 Å². The Kier molecular flexibility index (Phi) is 4.86. The standard InChI is InChI=1S/C18H25NO3/c1-2-3-8-19-18(20)12-15(13-4-5-13)14-6-7-16-17(11-14)22-10-9-21-16/h6-7,11,13,15H,2-5,8-10,12H2,1H3,(H,19,20). The summed E-state index contributed by atoms with van der Waals surface area (Å²) < 4.78 is 11.2. The van der Waals surface area contributed by atoms with Crippen molar-refractivity contribution in [1.82, 2.24) is 5.32 Å². The van der Waals surface area contributed by atoms with Gasteiger partial charge in [-0.2, -0.15) is 0 Å². The SMILES string of the molecule is CCCCNC(=O)CC(c1ccc2c(c1)OCCO2)C1CC1. The summed E-state index contributed by atoms with van der Waals surface area (Å²) in [6.07, 6.45) is 5.18. The van der Waals surface area contributed by atoms with Crippen LogP contribution in [0.5, 0.6) is 11.5 Å². The molecule has 1 N–H and O–H groups in total. The zero-order chi connectivity index (χ0) is 15.4. The van der Waals surface area contributed by atoms with Gasteiger partial charge < -0.3 is 14.8 Å². The Labute approximate surface area is 132 Å². The van der Waals surface area contributed by atoms with Crippen molar-refractivity contribution in [1.29, 1.82) is 0 Å². The van der Waals surface area contributed by atoms with Crippen molar-refractivity contribution in [3.8, 4) is 11.5 Å². The third kappa shape index (κ3) is 3.73. The summed E-state index contributed by atoms with van der Waals surface area (Å²) in [7, 11) is 0. The highest BCUT2D eigenvalue weighted by Gasteiger charge is 2.34. The lowest BCUT2D eigenvalue weighted by atomic mass is 9.90. The first kappa shape index (κ1) is 15.2. The molecule has 1 aromatic carbocycles. The first-order valence-electron chi connectivity index (χ1n) is 8.44. The second-order valence-corrected chi connectivity index (χ2v) is 6.25. The van der Waals surface area contributed by atoms with Gasteiger partial charge in [-0.05, 0) is 48.8 Å². The van der Waals surface area contributed by atoms with Crippen LogP contribution in [0.3, 0.4) is 0 Å². The van der Waals surface area contributed by atoms with Crippen LogP contribution in [0.2, 0.25) is 0 Å². The van der Waals surface area contributed by atoms with Crippen LogP contribution >= 0.6 is 0 Å². The van der Waals surface area contributed by atoms with Gasteiger partial charge in [-0.25, -0.2) is 0 Å². The van der Waals surface area contributed by atoms with Crippen LogP contribution in [0.15, 0.2) is 18.2 Å². The van der Waals surface area contributed by atoms with Gasteiger partial charge in [0.15, 0.2) is 11.5 Å². The minimum Gasteiger partial charge on any atom is -0.486 e. The fourth-order valence-electron chi connectivity index (χ4n) is 3.02. The quantitative estimate of drug-likeness (QED) is 0.787. The summed E-state index contributed by atoms with van der Waals surface area (Å²) in [5.74, 6) is 2.75. The molecule has 0 aromatic heterocycles. The number of fused-ring (bicyclic) bond motifs is 1. The minimum atomic E-state index is 0.167. The molecule has 1 aliphatic heterocycles. The zero-order valence-corrected chi connectivity index (χ0v) is 13.3. The molecule has 1 saturated carbocycles. The largest absolute Gasteiger partial charge is 0.486 e. The summed E-state index contributed by atoms with van der Waals surface area (Å²) in [6, 6.07) is 6.14. The Morgan fingerprint density at radius 3 is 2.77 bits per heavy atom. The van der Waals surface area contributed by atoms with Crippen LogP contribution in [0.4, 0.5) is 0 Å². The number of unbranched alkanes of at least 4 members (excludes halogenated alkanes) is 1. The van der Waals surface area contributed by atoms with Gasteiger partial charge in [-0.1, -0.05) is 19.4 Å². The van der Waals surface area contributed by atoms with E-state index in [0.717, 1.165) is 30.9 Å². The van der Waals surface area contributed by atoms with Crippen LogP contribution in [-0.2, 0) is 4.79 Å².